The van der Waals surface area contributed by atoms with Crippen molar-refractivity contribution in [2.45, 2.75) is 32.1 Å². The molecule has 0 saturated carbocycles. The summed E-state index contributed by atoms with van der Waals surface area (Å²) in [6.45, 7) is 11.6. The molecule has 186 valence electrons. The molecule has 0 N–H and O–H groups in total. The van der Waals surface area contributed by atoms with Crippen molar-refractivity contribution in [1.29, 1.82) is 0 Å². The first kappa shape index (κ1) is 23.9. The number of benzene rings is 2. The molecule has 0 fully saturated rings. The number of hydrogen-bond acceptors (Lipinski definition) is 4. The topological polar surface area (TPSA) is 60.1 Å². The largest absolute Gasteiger partial charge is 0.308 e. The molecule has 3 atom stereocenters. The number of aromatic nitrogens is 3. The van der Waals surface area contributed by atoms with E-state index in [0.717, 1.165) is 28.9 Å². The van der Waals surface area contributed by atoms with Gasteiger partial charge in [-0.15, -0.1) is 0 Å². The molecular weight excluding hydrogens is 475 g/mol. The second kappa shape index (κ2) is 9.11. The highest BCUT2D eigenvalue weighted by Crippen LogP contribution is 2.51. The third-order valence-corrected chi connectivity index (χ3v) is 8.04. The van der Waals surface area contributed by atoms with Crippen LogP contribution in [0.3, 0.4) is 0 Å². The minimum Gasteiger partial charge on any atom is -0.308 e. The van der Waals surface area contributed by atoms with Crippen LogP contribution in [0.2, 0.25) is 0 Å². The summed E-state index contributed by atoms with van der Waals surface area (Å²) in [5, 5.41) is 0. The van der Waals surface area contributed by atoms with E-state index in [-0.39, 0.29) is 29.1 Å². The molecule has 0 unspecified atom stereocenters. The van der Waals surface area contributed by atoms with Crippen LogP contribution in [-0.4, -0.2) is 20.7 Å². The van der Waals surface area contributed by atoms with E-state index in [2.05, 4.69) is 9.83 Å². The predicted molar refractivity (Wildman–Crippen MR) is 144 cm³/mol. The molecule has 6 rings (SSSR count). The lowest BCUT2D eigenvalue weighted by molar-refractivity contribution is -0.121. The van der Waals surface area contributed by atoms with Crippen molar-refractivity contribution in [3.8, 4) is 33.9 Å². The number of carbonyl (C=O) groups excluding carboxylic acids is 1. The second-order valence-corrected chi connectivity index (χ2v) is 10.2. The van der Waals surface area contributed by atoms with Gasteiger partial charge in [0.2, 0.25) is 5.70 Å². The summed E-state index contributed by atoms with van der Waals surface area (Å²) in [6.07, 6.45) is 4.88. The zero-order chi connectivity index (χ0) is 26.4. The minimum atomic E-state index is -0.657. The molecule has 2 aliphatic rings. The first-order valence-corrected chi connectivity index (χ1v) is 12.7. The fraction of sp³-hybridized carbons (Fsp3) is 0.219. The standard InChI is InChI=1S/C32H25FN4O/c1-19-24-15-14-23-28(22-11-7-8-12-25(22)33)36-31(37-30(23)32(24,2)17-27(34-3)29(19)38)21-13-16-26(35-18-21)20-9-5-4-6-10-20/h4-13,16-19,24H,14-15H2,1-2H3/t19-,24-,32-/m1/s1. The zero-order valence-electron chi connectivity index (χ0n) is 21.1. The van der Waals surface area contributed by atoms with Crippen LogP contribution in [0, 0.1) is 24.2 Å². The van der Waals surface area contributed by atoms with Gasteiger partial charge in [-0.3, -0.25) is 4.98 Å². The van der Waals surface area contributed by atoms with Crippen molar-refractivity contribution in [1.82, 2.24) is 15.0 Å². The van der Waals surface area contributed by atoms with Gasteiger partial charge in [0.15, 0.2) is 11.6 Å². The summed E-state index contributed by atoms with van der Waals surface area (Å²) in [7, 11) is 0. The van der Waals surface area contributed by atoms with E-state index in [4.69, 9.17) is 16.5 Å². The van der Waals surface area contributed by atoms with Crippen LogP contribution >= 0.6 is 0 Å². The third kappa shape index (κ3) is 3.74. The SMILES string of the molecule is [C-]#[N+]C1=C[C@@]2(C)c3nc(-c4ccc(-c5ccccc5)nc4)nc(-c4ccccc4F)c3CC[C@@H]2[C@@H](C)C1=O. The number of Topliss-reactive ketones (excluding diaryl/α,β-unsaturated/α-hetero) is 1. The van der Waals surface area contributed by atoms with E-state index in [1.807, 2.05) is 56.3 Å². The normalized spacial score (nSPS) is 22.2. The maximum atomic E-state index is 15.1. The maximum Gasteiger partial charge on any atom is 0.226 e. The Morgan fingerprint density at radius 3 is 2.47 bits per heavy atom. The summed E-state index contributed by atoms with van der Waals surface area (Å²) in [5.74, 6) is -0.338. The number of rotatable bonds is 3. The van der Waals surface area contributed by atoms with Crippen molar-refractivity contribution in [3.05, 3.63) is 113 Å². The van der Waals surface area contributed by atoms with E-state index < -0.39 is 5.41 Å². The van der Waals surface area contributed by atoms with Gasteiger partial charge in [0.05, 0.1) is 23.7 Å². The van der Waals surface area contributed by atoms with Gasteiger partial charge in [0.25, 0.3) is 0 Å². The molecule has 0 amide bonds. The molecule has 2 aliphatic carbocycles. The zero-order valence-corrected chi connectivity index (χ0v) is 21.1. The van der Waals surface area contributed by atoms with Crippen molar-refractivity contribution >= 4 is 5.78 Å². The van der Waals surface area contributed by atoms with Crippen LogP contribution in [-0.2, 0) is 16.6 Å². The Bertz CT molecular complexity index is 1640. The van der Waals surface area contributed by atoms with E-state index in [1.54, 1.807) is 30.5 Å². The molecule has 5 nitrogen and oxygen atoms in total. The Hall–Kier alpha value is -4.50. The Morgan fingerprint density at radius 2 is 1.76 bits per heavy atom. The summed E-state index contributed by atoms with van der Waals surface area (Å²) < 4.78 is 15.1. The molecule has 6 heteroatoms. The second-order valence-electron chi connectivity index (χ2n) is 10.2. The lowest BCUT2D eigenvalue weighted by atomic mass is 9.58. The predicted octanol–water partition coefficient (Wildman–Crippen LogP) is 6.85. The molecule has 2 heterocycles. The molecule has 0 saturated heterocycles. The fourth-order valence-electron chi connectivity index (χ4n) is 6.06. The van der Waals surface area contributed by atoms with E-state index in [9.17, 15) is 4.79 Å². The molecule has 2 aromatic heterocycles. The minimum absolute atomic E-state index is 0.0113. The monoisotopic (exact) mass is 500 g/mol. The molecule has 0 aliphatic heterocycles. The van der Waals surface area contributed by atoms with Crippen LogP contribution in [0.15, 0.2) is 84.7 Å². The number of nitrogens with zero attached hydrogens (tertiary/aromatic N) is 4. The van der Waals surface area contributed by atoms with Crippen LogP contribution < -0.4 is 0 Å². The summed E-state index contributed by atoms with van der Waals surface area (Å²) in [6, 6.07) is 20.4. The van der Waals surface area contributed by atoms with E-state index >= 15 is 4.39 Å². The van der Waals surface area contributed by atoms with Crippen molar-refractivity contribution in [2.75, 3.05) is 0 Å². The highest BCUT2D eigenvalue weighted by atomic mass is 19.1. The molecule has 2 aromatic carbocycles. The highest BCUT2D eigenvalue weighted by molar-refractivity contribution is 6.00. The van der Waals surface area contributed by atoms with Crippen molar-refractivity contribution in [2.24, 2.45) is 11.8 Å². The first-order valence-electron chi connectivity index (χ1n) is 12.7. The summed E-state index contributed by atoms with van der Waals surface area (Å²) in [4.78, 5) is 31.0. The third-order valence-electron chi connectivity index (χ3n) is 8.04. The fourth-order valence-corrected chi connectivity index (χ4v) is 6.06. The molecular formula is C32H25FN4O. The number of hydrogen-bond donors (Lipinski definition) is 0. The molecule has 0 spiro atoms. The lowest BCUT2D eigenvalue weighted by Gasteiger charge is -2.46. The average Bonchev–Trinajstić information content (AvgIpc) is 2.95. The van der Waals surface area contributed by atoms with Gasteiger partial charge >= 0.3 is 0 Å². The number of halogens is 1. The molecule has 4 aromatic rings. The summed E-state index contributed by atoms with van der Waals surface area (Å²) in [5.41, 5.74) is 4.63. The number of ketones is 1. The van der Waals surface area contributed by atoms with Gasteiger partial charge in [-0.1, -0.05) is 62.4 Å². The van der Waals surface area contributed by atoms with Gasteiger partial charge in [-0.2, -0.15) is 0 Å². The molecule has 0 bridgehead atoms. The highest BCUT2D eigenvalue weighted by Gasteiger charge is 2.49. The van der Waals surface area contributed by atoms with Crippen molar-refractivity contribution in [3.63, 3.8) is 0 Å². The van der Waals surface area contributed by atoms with E-state index in [0.29, 0.717) is 29.1 Å². The Kier molecular flexibility index (Phi) is 5.72. The Labute approximate surface area is 221 Å². The smallest absolute Gasteiger partial charge is 0.226 e. The lowest BCUT2D eigenvalue weighted by Crippen LogP contribution is -2.46. The van der Waals surface area contributed by atoms with Crippen LogP contribution in [0.25, 0.3) is 38.7 Å². The molecule has 38 heavy (non-hydrogen) atoms. The Balaban J connectivity index is 1.57. The average molecular weight is 501 g/mol. The first-order chi connectivity index (χ1) is 18.4. The van der Waals surface area contributed by atoms with Gasteiger partial charge in [-0.05, 0) is 43.0 Å². The maximum absolute atomic E-state index is 15.1. The number of allylic oxidation sites excluding steroid dienone is 2. The van der Waals surface area contributed by atoms with Gasteiger partial charge in [0.1, 0.15) is 5.82 Å². The summed E-state index contributed by atoms with van der Waals surface area (Å²) >= 11 is 0. The van der Waals surface area contributed by atoms with Gasteiger partial charge in [-0.25, -0.2) is 19.2 Å². The number of fused-ring (bicyclic) bond motifs is 3. The van der Waals surface area contributed by atoms with Crippen LogP contribution in [0.4, 0.5) is 4.39 Å². The van der Waals surface area contributed by atoms with Gasteiger partial charge in [0, 0.05) is 39.8 Å². The Morgan fingerprint density at radius 1 is 1.00 bits per heavy atom. The van der Waals surface area contributed by atoms with Gasteiger partial charge < -0.3 is 4.79 Å². The number of pyridine rings is 1. The number of carbonyl (C=O) groups is 1. The van der Waals surface area contributed by atoms with E-state index in [1.165, 1.54) is 6.07 Å². The molecule has 0 radical (unpaired) electrons. The van der Waals surface area contributed by atoms with Crippen LogP contribution in [0.1, 0.15) is 31.5 Å². The quantitative estimate of drug-likeness (QED) is 0.289. The van der Waals surface area contributed by atoms with Crippen LogP contribution in [0.5, 0.6) is 0 Å². The van der Waals surface area contributed by atoms with Crippen molar-refractivity contribution < 1.29 is 9.18 Å².